The summed E-state index contributed by atoms with van der Waals surface area (Å²) >= 11 is 0. The molecule has 0 aliphatic heterocycles. The van der Waals surface area contributed by atoms with E-state index in [1.165, 1.54) is 44.2 Å². The predicted molar refractivity (Wildman–Crippen MR) is 111 cm³/mol. The van der Waals surface area contributed by atoms with E-state index in [9.17, 15) is 0 Å². The van der Waals surface area contributed by atoms with Gasteiger partial charge in [-0.2, -0.15) is 0 Å². The lowest BCUT2D eigenvalue weighted by Crippen LogP contribution is -1.94. The van der Waals surface area contributed by atoms with Crippen LogP contribution < -0.4 is 0 Å². The molecule has 0 N–H and O–H groups in total. The van der Waals surface area contributed by atoms with E-state index < -0.39 is 0 Å². The minimum absolute atomic E-state index is 1.20. The molecule has 0 atom stereocenters. The van der Waals surface area contributed by atoms with E-state index in [0.717, 1.165) is 0 Å². The highest BCUT2D eigenvalue weighted by Crippen LogP contribution is 2.34. The topological polar surface area (TPSA) is 4.93 Å². The van der Waals surface area contributed by atoms with E-state index in [0.29, 0.717) is 0 Å². The highest BCUT2D eigenvalue weighted by atomic mass is 15.0. The maximum Gasteiger partial charge on any atom is 0.0543 e. The summed E-state index contributed by atoms with van der Waals surface area (Å²) in [5.74, 6) is 0. The summed E-state index contributed by atoms with van der Waals surface area (Å²) in [6.07, 6.45) is 0. The first-order chi connectivity index (χ1) is 12.8. The zero-order valence-corrected chi connectivity index (χ0v) is 14.7. The maximum absolute atomic E-state index is 2.38. The summed E-state index contributed by atoms with van der Waals surface area (Å²) in [6.45, 7) is 2.19. The number of nitrogens with zero attached hydrogens (tertiary/aromatic N) is 1. The van der Waals surface area contributed by atoms with E-state index >= 15 is 0 Å². The van der Waals surface area contributed by atoms with E-state index in [2.05, 4.69) is 109 Å². The molecule has 4 aromatic carbocycles. The molecule has 5 rings (SSSR count). The number of hydrogen-bond acceptors (Lipinski definition) is 0. The van der Waals surface area contributed by atoms with Gasteiger partial charge in [0.05, 0.1) is 11.0 Å². The van der Waals surface area contributed by atoms with Crippen molar-refractivity contribution in [3.8, 4) is 16.8 Å². The molecule has 26 heavy (non-hydrogen) atoms. The maximum atomic E-state index is 2.38. The van der Waals surface area contributed by atoms with E-state index in [4.69, 9.17) is 0 Å². The van der Waals surface area contributed by atoms with Crippen molar-refractivity contribution in [3.63, 3.8) is 0 Å². The predicted octanol–water partition coefficient (Wildman–Crippen LogP) is 6.76. The van der Waals surface area contributed by atoms with Crippen LogP contribution in [0.25, 0.3) is 38.6 Å². The lowest BCUT2D eigenvalue weighted by Gasteiger charge is -2.10. The largest absolute Gasteiger partial charge is 0.309 e. The average molecular weight is 333 g/mol. The van der Waals surface area contributed by atoms with Crippen molar-refractivity contribution in [3.05, 3.63) is 103 Å². The number of rotatable bonds is 2. The molecule has 0 bridgehead atoms. The second-order valence-electron chi connectivity index (χ2n) is 6.74. The van der Waals surface area contributed by atoms with Crippen LogP contribution in [-0.4, -0.2) is 4.57 Å². The van der Waals surface area contributed by atoms with Crippen LogP contribution in [0.5, 0.6) is 0 Å². The van der Waals surface area contributed by atoms with Crippen molar-refractivity contribution in [2.75, 3.05) is 0 Å². The van der Waals surface area contributed by atoms with Crippen LogP contribution in [0.1, 0.15) is 5.56 Å². The number of aromatic nitrogens is 1. The van der Waals surface area contributed by atoms with Gasteiger partial charge in [-0.3, -0.25) is 0 Å². The number of hydrogen-bond donors (Lipinski definition) is 0. The Morgan fingerprint density at radius 2 is 1.27 bits per heavy atom. The minimum Gasteiger partial charge on any atom is -0.309 e. The molecule has 1 aromatic heterocycles. The second-order valence-corrected chi connectivity index (χ2v) is 6.74. The van der Waals surface area contributed by atoms with Crippen LogP contribution in [0.15, 0.2) is 97.1 Å². The smallest absolute Gasteiger partial charge is 0.0543 e. The molecular weight excluding hydrogens is 314 g/mol. The first kappa shape index (κ1) is 15.0. The molecule has 0 spiro atoms. The van der Waals surface area contributed by atoms with Gasteiger partial charge in [-0.25, -0.2) is 0 Å². The summed E-state index contributed by atoms with van der Waals surface area (Å²) < 4.78 is 2.38. The average Bonchev–Trinajstić information content (AvgIpc) is 3.04. The molecular formula is C25H19N. The molecule has 0 radical (unpaired) electrons. The Kier molecular flexibility index (Phi) is 3.39. The molecule has 1 nitrogen and oxygen atoms in total. The number of aryl methyl sites for hydroxylation is 1. The number of para-hydroxylation sites is 1. The SMILES string of the molecule is Cc1cccc2c1c1ccccc1n2-c1cccc(-c2ccccc2)c1. The van der Waals surface area contributed by atoms with Gasteiger partial charge in [-0.15, -0.1) is 0 Å². The highest BCUT2D eigenvalue weighted by Gasteiger charge is 2.13. The van der Waals surface area contributed by atoms with Gasteiger partial charge in [0.1, 0.15) is 0 Å². The second kappa shape index (κ2) is 5.89. The van der Waals surface area contributed by atoms with Crippen molar-refractivity contribution in [2.45, 2.75) is 6.92 Å². The quantitative estimate of drug-likeness (QED) is 0.336. The van der Waals surface area contributed by atoms with Crippen molar-refractivity contribution in [1.29, 1.82) is 0 Å². The van der Waals surface area contributed by atoms with Gasteiger partial charge in [-0.1, -0.05) is 72.8 Å². The molecule has 1 heterocycles. The third kappa shape index (κ3) is 2.25. The fourth-order valence-corrected chi connectivity index (χ4v) is 3.93. The van der Waals surface area contributed by atoms with Gasteiger partial charge in [-0.05, 0) is 47.9 Å². The molecule has 1 heteroatoms. The Balaban J connectivity index is 1.84. The molecule has 124 valence electrons. The van der Waals surface area contributed by atoms with Crippen molar-refractivity contribution >= 4 is 21.8 Å². The summed E-state index contributed by atoms with van der Waals surface area (Å²) in [6, 6.07) is 34.6. The van der Waals surface area contributed by atoms with Crippen LogP contribution in [0.4, 0.5) is 0 Å². The monoisotopic (exact) mass is 333 g/mol. The lowest BCUT2D eigenvalue weighted by atomic mass is 10.1. The van der Waals surface area contributed by atoms with Crippen LogP contribution in [0.2, 0.25) is 0 Å². The third-order valence-corrected chi connectivity index (χ3v) is 5.12. The van der Waals surface area contributed by atoms with E-state index in [1.54, 1.807) is 0 Å². The molecule has 0 aliphatic carbocycles. The Morgan fingerprint density at radius 1 is 0.577 bits per heavy atom. The minimum atomic E-state index is 1.20. The van der Waals surface area contributed by atoms with E-state index in [-0.39, 0.29) is 0 Å². The Labute approximate surface area is 153 Å². The van der Waals surface area contributed by atoms with Crippen LogP contribution in [0, 0.1) is 6.92 Å². The summed E-state index contributed by atoms with van der Waals surface area (Å²) in [5, 5.41) is 2.65. The summed E-state index contributed by atoms with van der Waals surface area (Å²) in [7, 11) is 0. The zero-order valence-electron chi connectivity index (χ0n) is 14.7. The van der Waals surface area contributed by atoms with Crippen LogP contribution >= 0.6 is 0 Å². The van der Waals surface area contributed by atoms with Crippen molar-refractivity contribution < 1.29 is 0 Å². The summed E-state index contributed by atoms with van der Waals surface area (Å²) in [5.41, 5.74) is 7.51. The number of benzene rings is 4. The number of fused-ring (bicyclic) bond motifs is 3. The third-order valence-electron chi connectivity index (χ3n) is 5.12. The Morgan fingerprint density at radius 3 is 2.15 bits per heavy atom. The lowest BCUT2D eigenvalue weighted by molar-refractivity contribution is 1.18. The molecule has 5 aromatic rings. The van der Waals surface area contributed by atoms with Gasteiger partial charge in [0, 0.05) is 16.5 Å². The molecule has 0 unspecified atom stereocenters. The van der Waals surface area contributed by atoms with Gasteiger partial charge >= 0.3 is 0 Å². The molecule has 0 saturated heterocycles. The van der Waals surface area contributed by atoms with Crippen molar-refractivity contribution in [2.24, 2.45) is 0 Å². The van der Waals surface area contributed by atoms with Crippen molar-refractivity contribution in [1.82, 2.24) is 4.57 Å². The molecule has 0 aliphatic rings. The highest BCUT2D eigenvalue weighted by molar-refractivity contribution is 6.10. The van der Waals surface area contributed by atoms with Crippen LogP contribution in [0.3, 0.4) is 0 Å². The first-order valence-corrected chi connectivity index (χ1v) is 8.97. The first-order valence-electron chi connectivity index (χ1n) is 8.97. The Hall–Kier alpha value is -3.32. The normalized spacial score (nSPS) is 11.3. The van der Waals surface area contributed by atoms with Gasteiger partial charge in [0.25, 0.3) is 0 Å². The summed E-state index contributed by atoms with van der Waals surface area (Å²) in [4.78, 5) is 0. The zero-order chi connectivity index (χ0) is 17.5. The Bertz CT molecular complexity index is 1230. The molecule has 0 amide bonds. The fraction of sp³-hybridized carbons (Fsp3) is 0.0400. The molecule has 0 fully saturated rings. The fourth-order valence-electron chi connectivity index (χ4n) is 3.93. The van der Waals surface area contributed by atoms with E-state index in [1.807, 2.05) is 0 Å². The van der Waals surface area contributed by atoms with Gasteiger partial charge in [0.15, 0.2) is 0 Å². The molecule has 0 saturated carbocycles. The van der Waals surface area contributed by atoms with Crippen LogP contribution in [-0.2, 0) is 0 Å². The standard InChI is InChI=1S/C25H19N/c1-18-9-7-16-24-25(18)22-14-5-6-15-23(22)26(24)21-13-8-12-20(17-21)19-10-3-2-4-11-19/h2-17H,1H3. The van der Waals surface area contributed by atoms with Gasteiger partial charge in [0.2, 0.25) is 0 Å². The van der Waals surface area contributed by atoms with Gasteiger partial charge < -0.3 is 4.57 Å².